The maximum Gasteiger partial charge on any atom is 0.402 e. The van der Waals surface area contributed by atoms with Crippen LogP contribution in [0.4, 0.5) is 17.6 Å². The minimum Gasteiger partial charge on any atom is -0.207 e. The van der Waals surface area contributed by atoms with Gasteiger partial charge < -0.3 is 0 Å². The van der Waals surface area contributed by atoms with Crippen molar-refractivity contribution in [2.45, 2.75) is 17.6 Å². The molecule has 0 unspecified atom stereocenters. The van der Waals surface area contributed by atoms with Crippen LogP contribution in [-0.2, 0) is 16.6 Å². The second-order valence-corrected chi connectivity index (χ2v) is 7.19. The summed E-state index contributed by atoms with van der Waals surface area (Å²) in [5, 5.41) is 3.22. The van der Waals surface area contributed by atoms with Gasteiger partial charge >= 0.3 is 6.18 Å². The lowest BCUT2D eigenvalue weighted by Gasteiger charge is -2.23. The number of hydrogen-bond acceptors (Lipinski definition) is 3. The van der Waals surface area contributed by atoms with Gasteiger partial charge in [-0.1, -0.05) is 0 Å². The SMILES string of the molecule is O=S(=O)(c1ccc(F)cc1)N(Cc1ccsc1)CC(F)(F)F. The van der Waals surface area contributed by atoms with Gasteiger partial charge in [-0.2, -0.15) is 28.8 Å². The van der Waals surface area contributed by atoms with E-state index < -0.39 is 35.1 Å². The van der Waals surface area contributed by atoms with Crippen molar-refractivity contribution in [1.29, 1.82) is 0 Å². The third-order valence-electron chi connectivity index (χ3n) is 2.75. The number of benzene rings is 1. The van der Waals surface area contributed by atoms with E-state index in [1.807, 2.05) is 0 Å². The zero-order valence-electron chi connectivity index (χ0n) is 11.0. The Morgan fingerprint density at radius 2 is 1.73 bits per heavy atom. The molecule has 0 N–H and O–H groups in total. The predicted octanol–water partition coefficient (Wildman–Crippen LogP) is 3.64. The largest absolute Gasteiger partial charge is 0.402 e. The van der Waals surface area contributed by atoms with Crippen LogP contribution in [0, 0.1) is 5.82 Å². The van der Waals surface area contributed by atoms with E-state index in [1.165, 1.54) is 11.3 Å². The second-order valence-electron chi connectivity index (χ2n) is 4.47. The number of halogens is 4. The van der Waals surface area contributed by atoms with Gasteiger partial charge in [-0.15, -0.1) is 0 Å². The molecule has 0 atom stereocenters. The Morgan fingerprint density at radius 3 is 2.23 bits per heavy atom. The first kappa shape index (κ1) is 16.9. The Bertz CT molecular complexity index is 709. The Morgan fingerprint density at radius 1 is 1.09 bits per heavy atom. The van der Waals surface area contributed by atoms with Crippen LogP contribution < -0.4 is 0 Å². The fourth-order valence-electron chi connectivity index (χ4n) is 1.77. The third-order valence-corrected chi connectivity index (χ3v) is 5.28. The molecule has 22 heavy (non-hydrogen) atoms. The van der Waals surface area contributed by atoms with E-state index in [4.69, 9.17) is 0 Å². The molecule has 120 valence electrons. The van der Waals surface area contributed by atoms with E-state index >= 15 is 0 Å². The maximum atomic E-state index is 12.9. The summed E-state index contributed by atoms with van der Waals surface area (Å²) in [5.74, 6) is -0.667. The van der Waals surface area contributed by atoms with Crippen LogP contribution in [0.3, 0.4) is 0 Å². The summed E-state index contributed by atoms with van der Waals surface area (Å²) in [6.07, 6.45) is -4.68. The number of hydrogen-bond donors (Lipinski definition) is 0. The average molecular weight is 353 g/mol. The van der Waals surface area contributed by atoms with Crippen molar-refractivity contribution in [1.82, 2.24) is 4.31 Å². The van der Waals surface area contributed by atoms with Gasteiger partial charge in [-0.3, -0.25) is 0 Å². The fraction of sp³-hybridized carbons (Fsp3) is 0.231. The van der Waals surface area contributed by atoms with Gasteiger partial charge in [0.25, 0.3) is 0 Å². The average Bonchev–Trinajstić information content (AvgIpc) is 2.90. The highest BCUT2D eigenvalue weighted by molar-refractivity contribution is 7.89. The topological polar surface area (TPSA) is 37.4 Å². The predicted molar refractivity (Wildman–Crippen MR) is 74.4 cm³/mol. The van der Waals surface area contributed by atoms with Crippen LogP contribution in [0.2, 0.25) is 0 Å². The molecule has 1 heterocycles. The number of sulfonamides is 1. The molecule has 9 heteroatoms. The lowest BCUT2D eigenvalue weighted by molar-refractivity contribution is -0.136. The first-order valence-electron chi connectivity index (χ1n) is 6.02. The standard InChI is InChI=1S/C13H11F4NO2S2/c14-11-1-3-12(4-2-11)22(19,20)18(9-13(15,16)17)7-10-5-6-21-8-10/h1-6,8H,7,9H2. The van der Waals surface area contributed by atoms with E-state index in [9.17, 15) is 26.0 Å². The van der Waals surface area contributed by atoms with Crippen molar-refractivity contribution in [3.63, 3.8) is 0 Å². The zero-order chi connectivity index (χ0) is 16.4. The van der Waals surface area contributed by atoms with E-state index in [-0.39, 0.29) is 4.90 Å². The van der Waals surface area contributed by atoms with Crippen LogP contribution in [0.15, 0.2) is 46.0 Å². The lowest BCUT2D eigenvalue weighted by Crippen LogP contribution is -2.38. The number of nitrogens with zero attached hydrogens (tertiary/aromatic N) is 1. The Kier molecular flexibility index (Phi) is 4.88. The van der Waals surface area contributed by atoms with Gasteiger partial charge in [-0.05, 0) is 46.7 Å². The summed E-state index contributed by atoms with van der Waals surface area (Å²) in [4.78, 5) is -0.381. The fourth-order valence-corrected chi connectivity index (χ4v) is 3.84. The first-order valence-corrected chi connectivity index (χ1v) is 8.40. The minimum absolute atomic E-state index is 0.336. The van der Waals surface area contributed by atoms with Crippen LogP contribution in [0.1, 0.15) is 5.56 Å². The molecule has 0 bridgehead atoms. The van der Waals surface area contributed by atoms with Crippen molar-refractivity contribution < 1.29 is 26.0 Å². The van der Waals surface area contributed by atoms with Gasteiger partial charge in [0, 0.05) is 6.54 Å². The summed E-state index contributed by atoms with van der Waals surface area (Å²) in [6.45, 7) is -2.01. The minimum atomic E-state index is -4.68. The molecule has 2 aromatic rings. The summed E-state index contributed by atoms with van der Waals surface area (Å²) < 4.78 is 76.0. The molecule has 0 radical (unpaired) electrons. The first-order chi connectivity index (χ1) is 10.2. The highest BCUT2D eigenvalue weighted by Crippen LogP contribution is 2.25. The van der Waals surface area contributed by atoms with Gasteiger partial charge in [0.1, 0.15) is 12.4 Å². The second kappa shape index (κ2) is 6.35. The van der Waals surface area contributed by atoms with Gasteiger partial charge in [-0.25, -0.2) is 12.8 Å². The molecular formula is C13H11F4NO2S2. The number of alkyl halides is 3. The highest BCUT2D eigenvalue weighted by atomic mass is 32.2. The Hall–Kier alpha value is -1.45. The Balaban J connectivity index is 2.35. The quantitative estimate of drug-likeness (QED) is 0.770. The Labute approximate surface area is 128 Å². The van der Waals surface area contributed by atoms with Crippen molar-refractivity contribution in [2.24, 2.45) is 0 Å². The van der Waals surface area contributed by atoms with Gasteiger partial charge in [0.05, 0.1) is 4.90 Å². The van der Waals surface area contributed by atoms with E-state index in [1.54, 1.807) is 16.8 Å². The molecule has 2 rings (SSSR count). The molecule has 0 aliphatic carbocycles. The van der Waals surface area contributed by atoms with Crippen molar-refractivity contribution in [2.75, 3.05) is 6.54 Å². The molecule has 0 aliphatic heterocycles. The lowest BCUT2D eigenvalue weighted by atomic mass is 10.3. The van der Waals surface area contributed by atoms with Crippen molar-refractivity contribution in [3.8, 4) is 0 Å². The van der Waals surface area contributed by atoms with E-state index in [0.29, 0.717) is 9.87 Å². The van der Waals surface area contributed by atoms with Crippen molar-refractivity contribution in [3.05, 3.63) is 52.5 Å². The molecule has 0 amide bonds. The van der Waals surface area contributed by atoms with E-state index in [0.717, 1.165) is 24.3 Å². The molecule has 0 spiro atoms. The molecule has 1 aromatic heterocycles. The van der Waals surface area contributed by atoms with E-state index in [2.05, 4.69) is 0 Å². The summed E-state index contributed by atoms with van der Waals surface area (Å²) in [7, 11) is -4.38. The van der Waals surface area contributed by atoms with Crippen molar-refractivity contribution >= 4 is 21.4 Å². The van der Waals surface area contributed by atoms with Crippen LogP contribution >= 0.6 is 11.3 Å². The smallest absolute Gasteiger partial charge is 0.207 e. The molecule has 0 aliphatic rings. The summed E-state index contributed by atoms with van der Waals surface area (Å²) in [5.41, 5.74) is 0.458. The molecule has 0 saturated carbocycles. The van der Waals surface area contributed by atoms with Crippen LogP contribution in [0.5, 0.6) is 0 Å². The maximum absolute atomic E-state index is 12.9. The summed E-state index contributed by atoms with van der Waals surface area (Å²) in [6, 6.07) is 5.23. The third kappa shape index (κ3) is 4.28. The number of thiophene rings is 1. The molecule has 3 nitrogen and oxygen atoms in total. The molecular weight excluding hydrogens is 342 g/mol. The molecule has 0 fully saturated rings. The van der Waals surface area contributed by atoms with Crippen LogP contribution in [0.25, 0.3) is 0 Å². The highest BCUT2D eigenvalue weighted by Gasteiger charge is 2.37. The van der Waals surface area contributed by atoms with Crippen LogP contribution in [-0.4, -0.2) is 25.4 Å². The summed E-state index contributed by atoms with van der Waals surface area (Å²) >= 11 is 1.26. The van der Waals surface area contributed by atoms with Gasteiger partial charge in [0.2, 0.25) is 10.0 Å². The number of rotatable bonds is 5. The monoisotopic (exact) mass is 353 g/mol. The zero-order valence-corrected chi connectivity index (χ0v) is 12.7. The molecule has 0 saturated heterocycles. The molecule has 1 aromatic carbocycles. The van der Waals surface area contributed by atoms with Gasteiger partial charge in [0.15, 0.2) is 0 Å². The normalized spacial score (nSPS) is 12.8.